The van der Waals surface area contributed by atoms with Crippen LogP contribution in [0, 0.1) is 0 Å². The fourth-order valence-electron chi connectivity index (χ4n) is 2.31. The first kappa shape index (κ1) is 12.4. The molecule has 0 saturated heterocycles. The third-order valence-electron chi connectivity index (χ3n) is 3.13. The minimum absolute atomic E-state index is 0. The fourth-order valence-corrected chi connectivity index (χ4v) is 2.31. The lowest BCUT2D eigenvalue weighted by molar-refractivity contribution is -0.497. The number of nitrogens with zero attached hydrogens (tertiary/aromatic N) is 1. The predicted molar refractivity (Wildman–Crippen MR) is 63.1 cm³/mol. The molecular weight excluding hydrogens is 325 g/mol. The van der Waals surface area contributed by atoms with E-state index in [1.54, 1.807) is 6.26 Å². The molecule has 2 nitrogen and oxygen atoms in total. The summed E-state index contributed by atoms with van der Waals surface area (Å²) in [6.07, 6.45) is 2.84. The first-order valence-electron chi connectivity index (χ1n) is 5.56. The maximum absolute atomic E-state index is 5.52. The van der Waals surface area contributed by atoms with Crippen molar-refractivity contribution in [3.8, 4) is 0 Å². The summed E-state index contributed by atoms with van der Waals surface area (Å²) in [5.74, 6) is 0.953. The smallest absolute Gasteiger partial charge is 0.250 e. The Kier molecular flexibility index (Phi) is 3.66. The summed E-state index contributed by atoms with van der Waals surface area (Å²) in [5.41, 5.74) is 3.91. The second-order valence-electron chi connectivity index (χ2n) is 4.15. The molecule has 2 heterocycles. The lowest BCUT2D eigenvalue weighted by atomic mass is 9.96. The van der Waals surface area contributed by atoms with Gasteiger partial charge in [-0.2, -0.15) is 0 Å². The molecule has 0 aliphatic carbocycles. The van der Waals surface area contributed by atoms with Crippen molar-refractivity contribution < 1.29 is 33.0 Å². The fraction of sp³-hybridized carbons (Fsp3) is 0.214. The number of likely N-dealkylation sites (N-methyl/N-ethyl adjacent to an activating group) is 1. The van der Waals surface area contributed by atoms with Crippen LogP contribution in [0.4, 0.5) is 0 Å². The Morgan fingerprint density at radius 1 is 1.12 bits per heavy atom. The van der Waals surface area contributed by atoms with Crippen molar-refractivity contribution in [3.63, 3.8) is 0 Å². The second-order valence-corrected chi connectivity index (χ2v) is 4.15. The highest BCUT2D eigenvalue weighted by Crippen LogP contribution is 2.19. The number of rotatable bonds is 1. The Labute approximate surface area is 118 Å². The van der Waals surface area contributed by atoms with Crippen LogP contribution in [0.5, 0.6) is 0 Å². The largest absolute Gasteiger partial charge is 1.00 e. The van der Waals surface area contributed by atoms with Gasteiger partial charge in [0.2, 0.25) is 5.71 Å². The molecule has 0 N–H and O–H groups in total. The topological polar surface area (TPSA) is 16.1 Å². The van der Waals surface area contributed by atoms with Gasteiger partial charge in [0.25, 0.3) is 0 Å². The second kappa shape index (κ2) is 5.04. The molecule has 0 amide bonds. The highest BCUT2D eigenvalue weighted by molar-refractivity contribution is 6.09. The molecule has 0 saturated carbocycles. The zero-order valence-electron chi connectivity index (χ0n) is 9.69. The van der Waals surface area contributed by atoms with Gasteiger partial charge in [-0.25, -0.2) is 4.58 Å². The van der Waals surface area contributed by atoms with E-state index in [9.17, 15) is 0 Å². The Bertz CT molecular complexity index is 543. The van der Waals surface area contributed by atoms with Crippen molar-refractivity contribution in [1.82, 2.24) is 0 Å². The summed E-state index contributed by atoms with van der Waals surface area (Å²) < 4.78 is 7.79. The summed E-state index contributed by atoms with van der Waals surface area (Å²) >= 11 is 0. The van der Waals surface area contributed by atoms with E-state index in [0.717, 1.165) is 18.7 Å². The van der Waals surface area contributed by atoms with Crippen molar-refractivity contribution in [2.75, 3.05) is 13.6 Å². The van der Waals surface area contributed by atoms with Crippen molar-refractivity contribution in [1.29, 1.82) is 0 Å². The lowest BCUT2D eigenvalue weighted by Crippen LogP contribution is -3.00. The molecule has 1 aromatic carbocycles. The molecule has 3 heteroatoms. The molecule has 88 valence electrons. The first-order valence-corrected chi connectivity index (χ1v) is 5.56. The average molecular weight is 339 g/mol. The van der Waals surface area contributed by atoms with E-state index in [0.29, 0.717) is 0 Å². The number of hydrogen-bond donors (Lipinski definition) is 0. The molecule has 0 bridgehead atoms. The van der Waals surface area contributed by atoms with Crippen LogP contribution in [-0.4, -0.2) is 23.9 Å². The molecule has 0 unspecified atom stereocenters. The molecule has 3 rings (SSSR count). The number of benzene rings is 1. The predicted octanol–water partition coefficient (Wildman–Crippen LogP) is -0.681. The van der Waals surface area contributed by atoms with E-state index in [1.807, 2.05) is 12.1 Å². The van der Waals surface area contributed by atoms with Gasteiger partial charge >= 0.3 is 0 Å². The summed E-state index contributed by atoms with van der Waals surface area (Å²) in [5, 5.41) is 0. The Hall–Kier alpha value is -1.10. The molecular formula is C14H14INO. The van der Waals surface area contributed by atoms with Gasteiger partial charge in [0.15, 0.2) is 5.76 Å². The molecule has 0 atom stereocenters. The third-order valence-corrected chi connectivity index (χ3v) is 3.13. The zero-order valence-corrected chi connectivity index (χ0v) is 11.8. The molecule has 0 fully saturated rings. The van der Waals surface area contributed by atoms with E-state index < -0.39 is 0 Å². The van der Waals surface area contributed by atoms with Gasteiger partial charge in [-0.1, -0.05) is 18.2 Å². The van der Waals surface area contributed by atoms with Gasteiger partial charge in [0.1, 0.15) is 13.6 Å². The summed E-state index contributed by atoms with van der Waals surface area (Å²) in [7, 11) is 2.12. The van der Waals surface area contributed by atoms with Gasteiger partial charge in [-0.15, -0.1) is 0 Å². The molecule has 0 spiro atoms. The van der Waals surface area contributed by atoms with E-state index in [1.165, 1.54) is 16.8 Å². The van der Waals surface area contributed by atoms with Crippen LogP contribution in [0.1, 0.15) is 16.9 Å². The molecule has 1 aromatic heterocycles. The van der Waals surface area contributed by atoms with Crippen LogP contribution in [0.15, 0.2) is 47.1 Å². The molecule has 17 heavy (non-hydrogen) atoms. The minimum atomic E-state index is 0. The highest BCUT2D eigenvalue weighted by atomic mass is 127. The Morgan fingerprint density at radius 3 is 2.71 bits per heavy atom. The van der Waals surface area contributed by atoms with Crippen molar-refractivity contribution in [2.45, 2.75) is 6.42 Å². The van der Waals surface area contributed by atoms with Crippen molar-refractivity contribution in [2.24, 2.45) is 0 Å². The van der Waals surface area contributed by atoms with Crippen LogP contribution >= 0.6 is 0 Å². The van der Waals surface area contributed by atoms with Gasteiger partial charge in [-0.05, 0) is 23.8 Å². The maximum atomic E-state index is 5.52. The van der Waals surface area contributed by atoms with Crippen LogP contribution in [-0.2, 0) is 6.42 Å². The SMILES string of the molecule is C[N+]1=C(c2ccco2)c2ccccc2CC1.[I-]. The van der Waals surface area contributed by atoms with Crippen molar-refractivity contribution in [3.05, 3.63) is 59.5 Å². The third kappa shape index (κ3) is 2.16. The van der Waals surface area contributed by atoms with E-state index >= 15 is 0 Å². The average Bonchev–Trinajstić information content (AvgIpc) is 2.82. The molecule has 0 radical (unpaired) electrons. The zero-order chi connectivity index (χ0) is 11.0. The quantitative estimate of drug-likeness (QED) is 0.497. The van der Waals surface area contributed by atoms with Gasteiger partial charge in [0.05, 0.1) is 11.8 Å². The first-order chi connectivity index (χ1) is 7.86. The number of fused-ring (bicyclic) bond motifs is 1. The van der Waals surface area contributed by atoms with Crippen LogP contribution in [0.3, 0.4) is 0 Å². The Morgan fingerprint density at radius 2 is 1.94 bits per heavy atom. The number of hydrogen-bond acceptors (Lipinski definition) is 1. The number of furan rings is 1. The van der Waals surface area contributed by atoms with Crippen LogP contribution < -0.4 is 24.0 Å². The van der Waals surface area contributed by atoms with E-state index in [2.05, 4.69) is 35.9 Å². The Balaban J connectivity index is 0.00000108. The van der Waals surface area contributed by atoms with Crippen LogP contribution in [0.25, 0.3) is 0 Å². The maximum Gasteiger partial charge on any atom is 0.250 e. The van der Waals surface area contributed by atoms with Gasteiger partial charge in [-0.3, -0.25) is 0 Å². The molecule has 2 aromatic rings. The van der Waals surface area contributed by atoms with E-state index in [-0.39, 0.29) is 24.0 Å². The lowest BCUT2D eigenvalue weighted by Gasteiger charge is -2.14. The molecule has 1 aliphatic heterocycles. The normalized spacial score (nSPS) is 14.2. The molecule has 1 aliphatic rings. The standard InChI is InChI=1S/C14H14NO.HI/c1-15-9-8-11-5-2-3-6-12(11)14(15)13-7-4-10-16-13;/h2-7,10H,8-9H2,1H3;1H/q+1;/p-1. The van der Waals surface area contributed by atoms with E-state index in [4.69, 9.17) is 4.42 Å². The van der Waals surface area contributed by atoms with Gasteiger partial charge in [0, 0.05) is 6.42 Å². The van der Waals surface area contributed by atoms with Gasteiger partial charge < -0.3 is 28.4 Å². The monoisotopic (exact) mass is 339 g/mol. The number of halogens is 1. The van der Waals surface area contributed by atoms with Crippen LogP contribution in [0.2, 0.25) is 0 Å². The summed E-state index contributed by atoms with van der Waals surface area (Å²) in [6.45, 7) is 1.05. The summed E-state index contributed by atoms with van der Waals surface area (Å²) in [4.78, 5) is 0. The highest BCUT2D eigenvalue weighted by Gasteiger charge is 2.26. The summed E-state index contributed by atoms with van der Waals surface area (Å²) in [6, 6.07) is 12.5. The minimum Gasteiger partial charge on any atom is -1.00 e. The van der Waals surface area contributed by atoms with Crippen molar-refractivity contribution >= 4 is 5.71 Å².